The molecule has 2 aromatic carbocycles. The molecule has 0 radical (unpaired) electrons. The molecular formula is C21H23ClN2O3S. The van der Waals surface area contributed by atoms with Crippen molar-refractivity contribution in [1.82, 2.24) is 4.90 Å². The average Bonchev–Trinajstić information content (AvgIpc) is 2.73. The summed E-state index contributed by atoms with van der Waals surface area (Å²) in [5, 5.41) is 0.286. The quantitative estimate of drug-likeness (QED) is 0.753. The van der Waals surface area contributed by atoms with Gasteiger partial charge in [0.25, 0.3) is 15.9 Å². The number of para-hydroxylation sites is 1. The SMILES string of the molecule is O=C(c1cc(S(=O)(=O)N2CCCc3ccccc32)ccc1Cl)N1CCCCC1. The van der Waals surface area contributed by atoms with Crippen molar-refractivity contribution in [1.29, 1.82) is 0 Å². The van der Waals surface area contributed by atoms with Gasteiger partial charge < -0.3 is 4.90 Å². The number of halogens is 1. The molecule has 28 heavy (non-hydrogen) atoms. The lowest BCUT2D eigenvalue weighted by Gasteiger charge is -2.31. The molecule has 5 nitrogen and oxygen atoms in total. The van der Waals surface area contributed by atoms with Gasteiger partial charge >= 0.3 is 0 Å². The summed E-state index contributed by atoms with van der Waals surface area (Å²) in [5.41, 5.74) is 2.00. The van der Waals surface area contributed by atoms with E-state index in [9.17, 15) is 13.2 Å². The Morgan fingerprint density at radius 2 is 1.68 bits per heavy atom. The molecule has 0 unspecified atom stereocenters. The summed E-state index contributed by atoms with van der Waals surface area (Å²) >= 11 is 6.27. The number of anilines is 1. The monoisotopic (exact) mass is 418 g/mol. The van der Waals surface area contributed by atoms with E-state index in [0.29, 0.717) is 25.3 Å². The fourth-order valence-electron chi connectivity index (χ4n) is 3.97. The lowest BCUT2D eigenvalue weighted by atomic mass is 10.0. The zero-order valence-electron chi connectivity index (χ0n) is 15.6. The predicted molar refractivity (Wildman–Crippen MR) is 111 cm³/mol. The van der Waals surface area contributed by atoms with Crippen LogP contribution in [0.1, 0.15) is 41.6 Å². The first-order valence-corrected chi connectivity index (χ1v) is 11.5. The number of benzene rings is 2. The van der Waals surface area contributed by atoms with Gasteiger partial charge in [0.1, 0.15) is 0 Å². The minimum atomic E-state index is -3.77. The van der Waals surface area contributed by atoms with Crippen molar-refractivity contribution in [2.45, 2.75) is 37.0 Å². The maximum Gasteiger partial charge on any atom is 0.264 e. The summed E-state index contributed by atoms with van der Waals surface area (Å²) in [7, 11) is -3.77. The number of sulfonamides is 1. The van der Waals surface area contributed by atoms with Gasteiger partial charge in [0.15, 0.2) is 0 Å². The first kappa shape index (κ1) is 19.3. The number of hydrogen-bond acceptors (Lipinski definition) is 3. The van der Waals surface area contributed by atoms with Crippen LogP contribution >= 0.6 is 11.6 Å². The number of likely N-dealkylation sites (tertiary alicyclic amines) is 1. The zero-order valence-corrected chi connectivity index (χ0v) is 17.2. The van der Waals surface area contributed by atoms with E-state index in [1.165, 1.54) is 22.5 Å². The second kappa shape index (κ2) is 7.76. The van der Waals surface area contributed by atoms with E-state index in [1.54, 1.807) is 4.90 Å². The lowest BCUT2D eigenvalue weighted by molar-refractivity contribution is 0.0724. The number of hydrogen-bond donors (Lipinski definition) is 0. The molecule has 2 aliphatic rings. The highest BCUT2D eigenvalue weighted by molar-refractivity contribution is 7.92. The van der Waals surface area contributed by atoms with Crippen molar-refractivity contribution >= 4 is 33.2 Å². The highest BCUT2D eigenvalue weighted by Gasteiger charge is 2.30. The number of carbonyl (C=O) groups excluding carboxylic acids is 1. The topological polar surface area (TPSA) is 57.7 Å². The number of carbonyl (C=O) groups is 1. The van der Waals surface area contributed by atoms with Crippen molar-refractivity contribution in [3.8, 4) is 0 Å². The Morgan fingerprint density at radius 3 is 2.46 bits per heavy atom. The Morgan fingerprint density at radius 1 is 0.929 bits per heavy atom. The summed E-state index contributed by atoms with van der Waals surface area (Å²) in [5.74, 6) is -0.194. The van der Waals surface area contributed by atoms with Gasteiger partial charge in [-0.05, 0) is 61.9 Å². The Labute approximate surface area is 171 Å². The van der Waals surface area contributed by atoms with Crippen LogP contribution in [-0.2, 0) is 16.4 Å². The zero-order chi connectivity index (χ0) is 19.7. The predicted octanol–water partition coefficient (Wildman–Crippen LogP) is 4.11. The highest BCUT2D eigenvalue weighted by Crippen LogP contribution is 2.33. The molecule has 0 N–H and O–H groups in total. The van der Waals surface area contributed by atoms with E-state index in [2.05, 4.69) is 0 Å². The van der Waals surface area contributed by atoms with Gasteiger partial charge in [-0.2, -0.15) is 0 Å². The van der Waals surface area contributed by atoms with Crippen molar-refractivity contribution in [2.75, 3.05) is 23.9 Å². The summed E-state index contributed by atoms with van der Waals surface area (Å²) in [6.07, 6.45) is 4.67. The molecular weight excluding hydrogens is 396 g/mol. The number of nitrogens with zero attached hydrogens (tertiary/aromatic N) is 2. The van der Waals surface area contributed by atoms with E-state index in [-0.39, 0.29) is 21.4 Å². The van der Waals surface area contributed by atoms with E-state index in [1.807, 2.05) is 24.3 Å². The second-order valence-electron chi connectivity index (χ2n) is 7.30. The van der Waals surface area contributed by atoms with Crippen molar-refractivity contribution in [3.05, 3.63) is 58.6 Å². The molecule has 0 saturated carbocycles. The van der Waals surface area contributed by atoms with E-state index < -0.39 is 10.0 Å². The van der Waals surface area contributed by atoms with Gasteiger partial charge in [0.2, 0.25) is 0 Å². The molecule has 2 heterocycles. The van der Waals surface area contributed by atoms with Gasteiger partial charge in [0, 0.05) is 19.6 Å². The van der Waals surface area contributed by atoms with Crippen LogP contribution in [0.3, 0.4) is 0 Å². The number of rotatable bonds is 3. The van der Waals surface area contributed by atoms with Gasteiger partial charge in [-0.15, -0.1) is 0 Å². The summed E-state index contributed by atoms with van der Waals surface area (Å²) in [6, 6.07) is 12.0. The first-order chi connectivity index (χ1) is 13.5. The summed E-state index contributed by atoms with van der Waals surface area (Å²) < 4.78 is 28.2. The second-order valence-corrected chi connectivity index (χ2v) is 9.57. The Hall–Kier alpha value is -2.05. The summed E-state index contributed by atoms with van der Waals surface area (Å²) in [4.78, 5) is 14.8. The Bertz CT molecular complexity index is 1000. The molecule has 7 heteroatoms. The van der Waals surface area contributed by atoms with Crippen LogP contribution in [0.5, 0.6) is 0 Å². The normalized spacial score (nSPS) is 17.3. The van der Waals surface area contributed by atoms with Crippen molar-refractivity contribution in [3.63, 3.8) is 0 Å². The molecule has 1 fully saturated rings. The third kappa shape index (κ3) is 3.51. The largest absolute Gasteiger partial charge is 0.339 e. The van der Waals surface area contributed by atoms with Crippen LogP contribution in [-0.4, -0.2) is 38.9 Å². The lowest BCUT2D eigenvalue weighted by Crippen LogP contribution is -2.37. The molecule has 0 bridgehead atoms. The fourth-order valence-corrected chi connectivity index (χ4v) is 5.74. The standard InChI is InChI=1S/C21H23ClN2O3S/c22-19-11-10-17(15-18(19)21(25)23-12-4-1-5-13-23)28(26,27)24-14-6-8-16-7-2-3-9-20(16)24/h2-3,7,9-11,15H,1,4-6,8,12-14H2. The van der Waals surface area contributed by atoms with Gasteiger partial charge in [0.05, 0.1) is 21.2 Å². The maximum absolute atomic E-state index is 13.4. The molecule has 0 aliphatic carbocycles. The van der Waals surface area contributed by atoms with Gasteiger partial charge in [-0.25, -0.2) is 8.42 Å². The molecule has 1 amide bonds. The van der Waals surface area contributed by atoms with Gasteiger partial charge in [-0.1, -0.05) is 29.8 Å². The highest BCUT2D eigenvalue weighted by atomic mass is 35.5. The molecule has 0 atom stereocenters. The minimum absolute atomic E-state index is 0.106. The van der Waals surface area contributed by atoms with E-state index >= 15 is 0 Å². The van der Waals surface area contributed by atoms with Crippen LogP contribution in [0.15, 0.2) is 47.4 Å². The van der Waals surface area contributed by atoms with E-state index in [4.69, 9.17) is 11.6 Å². The minimum Gasteiger partial charge on any atom is -0.339 e. The molecule has 2 aromatic rings. The van der Waals surface area contributed by atoms with Gasteiger partial charge in [-0.3, -0.25) is 9.10 Å². The smallest absolute Gasteiger partial charge is 0.264 e. The third-order valence-electron chi connectivity index (χ3n) is 5.47. The molecule has 0 spiro atoms. The van der Waals surface area contributed by atoms with Crippen molar-refractivity contribution in [2.24, 2.45) is 0 Å². The first-order valence-electron chi connectivity index (χ1n) is 9.68. The van der Waals surface area contributed by atoms with E-state index in [0.717, 1.165) is 37.7 Å². The van der Waals surface area contributed by atoms with Crippen LogP contribution in [0, 0.1) is 0 Å². The average molecular weight is 419 g/mol. The number of amides is 1. The number of aryl methyl sites for hydroxylation is 1. The van der Waals surface area contributed by atoms with Crippen LogP contribution in [0.4, 0.5) is 5.69 Å². The maximum atomic E-state index is 13.4. The molecule has 1 saturated heterocycles. The Kier molecular flexibility index (Phi) is 5.34. The molecule has 148 valence electrons. The summed E-state index contributed by atoms with van der Waals surface area (Å²) in [6.45, 7) is 1.80. The molecule has 2 aliphatic heterocycles. The number of piperidine rings is 1. The third-order valence-corrected chi connectivity index (χ3v) is 7.61. The Balaban J connectivity index is 1.70. The number of fused-ring (bicyclic) bond motifs is 1. The van der Waals surface area contributed by atoms with Crippen molar-refractivity contribution < 1.29 is 13.2 Å². The van der Waals surface area contributed by atoms with Crippen LogP contribution in [0.2, 0.25) is 5.02 Å². The van der Waals surface area contributed by atoms with Crippen LogP contribution < -0.4 is 4.31 Å². The molecule has 0 aromatic heterocycles. The molecule has 4 rings (SSSR count). The fraction of sp³-hybridized carbons (Fsp3) is 0.381. The van der Waals surface area contributed by atoms with Crippen LogP contribution in [0.25, 0.3) is 0 Å².